The van der Waals surface area contributed by atoms with Crippen molar-refractivity contribution in [3.63, 3.8) is 0 Å². The van der Waals surface area contributed by atoms with E-state index < -0.39 is 18.7 Å². The molecule has 0 fully saturated rings. The van der Waals surface area contributed by atoms with Crippen LogP contribution in [0.3, 0.4) is 0 Å². The van der Waals surface area contributed by atoms with Gasteiger partial charge in [-0.05, 0) is 38.0 Å². The minimum absolute atomic E-state index is 0.165. The van der Waals surface area contributed by atoms with Gasteiger partial charge in [0.1, 0.15) is 24.9 Å². The van der Waals surface area contributed by atoms with Crippen molar-refractivity contribution in [2.75, 3.05) is 13.2 Å². The van der Waals surface area contributed by atoms with E-state index in [1.807, 2.05) is 0 Å². The zero-order valence-electron chi connectivity index (χ0n) is 17.7. The molecule has 0 aliphatic heterocycles. The van der Waals surface area contributed by atoms with E-state index in [-0.39, 0.29) is 18.8 Å². The van der Waals surface area contributed by atoms with Gasteiger partial charge in [0, 0.05) is 6.42 Å². The maximum atomic E-state index is 11.8. The van der Waals surface area contributed by atoms with E-state index in [0.717, 1.165) is 18.3 Å². The van der Waals surface area contributed by atoms with Crippen LogP contribution in [0.2, 0.25) is 0 Å². The Bertz CT molecular complexity index is 442. The van der Waals surface area contributed by atoms with Gasteiger partial charge in [-0.1, -0.05) is 58.1 Å². The summed E-state index contributed by atoms with van der Waals surface area (Å²) < 4.78 is 4.72. The van der Waals surface area contributed by atoms with Crippen molar-refractivity contribution in [3.8, 4) is 0 Å². The molecule has 2 atom stereocenters. The lowest BCUT2D eigenvalue weighted by molar-refractivity contribution is -0.149. The van der Waals surface area contributed by atoms with Crippen molar-refractivity contribution in [2.24, 2.45) is 11.8 Å². The number of ketones is 1. The molecule has 0 heterocycles. The van der Waals surface area contributed by atoms with Crippen molar-refractivity contribution in [1.29, 1.82) is 0 Å². The molecule has 5 heteroatoms. The van der Waals surface area contributed by atoms with Gasteiger partial charge in [-0.15, -0.1) is 0 Å². The first-order valence-corrected chi connectivity index (χ1v) is 10.4. The van der Waals surface area contributed by atoms with E-state index in [2.05, 4.69) is 33.8 Å². The summed E-state index contributed by atoms with van der Waals surface area (Å²) in [5, 5.41) is 17.7. The summed E-state index contributed by atoms with van der Waals surface area (Å²) in [7, 11) is 0. The molecule has 0 aromatic rings. The Balaban J connectivity index is 3.82. The lowest BCUT2D eigenvalue weighted by atomic mass is 9.94. The van der Waals surface area contributed by atoms with Crippen molar-refractivity contribution in [2.45, 2.75) is 91.6 Å². The lowest BCUT2D eigenvalue weighted by Gasteiger charge is -2.12. The van der Waals surface area contributed by atoms with Crippen LogP contribution in [0, 0.1) is 11.8 Å². The van der Waals surface area contributed by atoms with Gasteiger partial charge in [0.15, 0.2) is 0 Å². The van der Waals surface area contributed by atoms with E-state index in [0.29, 0.717) is 12.8 Å². The smallest absolute Gasteiger partial charge is 0.313 e. The van der Waals surface area contributed by atoms with Crippen LogP contribution in [0.25, 0.3) is 0 Å². The molecule has 0 spiro atoms. The summed E-state index contributed by atoms with van der Waals surface area (Å²) in [5.74, 6) is 0.744. The van der Waals surface area contributed by atoms with E-state index >= 15 is 0 Å². The summed E-state index contributed by atoms with van der Waals surface area (Å²) in [5.41, 5.74) is 1.30. The molecule has 0 aliphatic rings. The molecule has 0 aromatic heterocycles. The summed E-state index contributed by atoms with van der Waals surface area (Å²) in [6.45, 7) is 8.22. The zero-order valence-corrected chi connectivity index (χ0v) is 17.7. The number of ether oxygens (including phenoxy) is 1. The number of hydrogen-bond donors (Lipinski definition) is 2. The fourth-order valence-electron chi connectivity index (χ4n) is 2.87. The van der Waals surface area contributed by atoms with Gasteiger partial charge in [-0.3, -0.25) is 9.59 Å². The average Bonchev–Trinajstić information content (AvgIpc) is 2.59. The monoisotopic (exact) mass is 384 g/mol. The number of aliphatic hydroxyl groups is 2. The normalized spacial score (nSPS) is 14.3. The molecule has 0 saturated heterocycles. The van der Waals surface area contributed by atoms with Gasteiger partial charge in [0.2, 0.25) is 0 Å². The third-order valence-electron chi connectivity index (χ3n) is 4.65. The molecular formula is C22H40O5. The van der Waals surface area contributed by atoms with Crippen LogP contribution >= 0.6 is 0 Å². The maximum Gasteiger partial charge on any atom is 0.313 e. The number of carbonyl (C=O) groups excluding carboxylic acids is 2. The summed E-state index contributed by atoms with van der Waals surface area (Å²) in [6, 6.07) is 0. The minimum atomic E-state index is -1.09. The van der Waals surface area contributed by atoms with Gasteiger partial charge in [-0.2, -0.15) is 0 Å². The fourth-order valence-corrected chi connectivity index (χ4v) is 2.87. The van der Waals surface area contributed by atoms with Gasteiger partial charge in [0.05, 0.1) is 6.61 Å². The molecule has 2 unspecified atom stereocenters. The SMILES string of the molecule is CC(=CCCC(=O)CC(=O)OCC(O)CO)CCCC(C)CCCC(C)C. The predicted octanol–water partition coefficient (Wildman–Crippen LogP) is 4.20. The Morgan fingerprint density at radius 1 is 1.04 bits per heavy atom. The Kier molecular flexibility index (Phi) is 15.1. The van der Waals surface area contributed by atoms with Gasteiger partial charge in [0.25, 0.3) is 0 Å². The Hall–Kier alpha value is -1.20. The highest BCUT2D eigenvalue weighted by molar-refractivity contribution is 5.95. The van der Waals surface area contributed by atoms with Crippen LogP contribution in [-0.2, 0) is 14.3 Å². The molecule has 158 valence electrons. The largest absolute Gasteiger partial charge is 0.463 e. The molecule has 0 radical (unpaired) electrons. The second-order valence-electron chi connectivity index (χ2n) is 8.15. The molecule has 27 heavy (non-hydrogen) atoms. The quantitative estimate of drug-likeness (QED) is 0.237. The zero-order chi connectivity index (χ0) is 20.7. The van der Waals surface area contributed by atoms with E-state index in [9.17, 15) is 9.59 Å². The van der Waals surface area contributed by atoms with E-state index in [4.69, 9.17) is 14.9 Å². The minimum Gasteiger partial charge on any atom is -0.463 e. The molecule has 5 nitrogen and oxygen atoms in total. The third-order valence-corrected chi connectivity index (χ3v) is 4.65. The number of rotatable bonds is 16. The van der Waals surface area contributed by atoms with Gasteiger partial charge >= 0.3 is 5.97 Å². The lowest BCUT2D eigenvalue weighted by Crippen LogP contribution is -2.23. The number of hydrogen-bond acceptors (Lipinski definition) is 5. The topological polar surface area (TPSA) is 83.8 Å². The first-order valence-electron chi connectivity index (χ1n) is 10.4. The molecule has 0 amide bonds. The second kappa shape index (κ2) is 15.8. The molecule has 2 N–H and O–H groups in total. The Morgan fingerprint density at radius 2 is 1.70 bits per heavy atom. The number of carbonyl (C=O) groups is 2. The van der Waals surface area contributed by atoms with Crippen molar-refractivity contribution in [3.05, 3.63) is 11.6 Å². The van der Waals surface area contributed by atoms with Crippen LogP contribution < -0.4 is 0 Å². The predicted molar refractivity (Wildman–Crippen MR) is 108 cm³/mol. The van der Waals surface area contributed by atoms with Crippen LogP contribution in [0.15, 0.2) is 11.6 Å². The average molecular weight is 385 g/mol. The first-order chi connectivity index (χ1) is 12.7. The van der Waals surface area contributed by atoms with Gasteiger partial charge < -0.3 is 14.9 Å². The van der Waals surface area contributed by atoms with Crippen molar-refractivity contribution >= 4 is 11.8 Å². The first kappa shape index (κ1) is 25.8. The number of Topliss-reactive ketones (excluding diaryl/α,β-unsaturated/α-hetero) is 1. The highest BCUT2D eigenvalue weighted by atomic mass is 16.5. The highest BCUT2D eigenvalue weighted by Crippen LogP contribution is 2.19. The number of aliphatic hydroxyl groups excluding tert-OH is 2. The van der Waals surface area contributed by atoms with Crippen molar-refractivity contribution in [1.82, 2.24) is 0 Å². The molecule has 0 aromatic carbocycles. The van der Waals surface area contributed by atoms with Crippen LogP contribution in [0.5, 0.6) is 0 Å². The molecule has 0 rings (SSSR count). The molecule has 0 saturated carbocycles. The molecular weight excluding hydrogens is 344 g/mol. The number of esters is 1. The van der Waals surface area contributed by atoms with Crippen LogP contribution in [-0.4, -0.2) is 41.3 Å². The summed E-state index contributed by atoms with van der Waals surface area (Å²) >= 11 is 0. The molecule has 0 aliphatic carbocycles. The standard InChI is InChI=1S/C22H40O5/c1-17(2)8-5-9-18(3)10-6-11-19(4)12-7-13-20(24)14-22(26)27-16-21(25)15-23/h12,17-18,21,23,25H,5-11,13-16H2,1-4H3. The second-order valence-corrected chi connectivity index (χ2v) is 8.15. The number of allylic oxidation sites excluding steroid dienone is 2. The maximum absolute atomic E-state index is 11.8. The van der Waals surface area contributed by atoms with Crippen LogP contribution in [0.4, 0.5) is 0 Å². The van der Waals surface area contributed by atoms with E-state index in [1.54, 1.807) is 0 Å². The van der Waals surface area contributed by atoms with Crippen LogP contribution in [0.1, 0.15) is 85.5 Å². The Morgan fingerprint density at radius 3 is 2.33 bits per heavy atom. The highest BCUT2D eigenvalue weighted by Gasteiger charge is 2.12. The van der Waals surface area contributed by atoms with Gasteiger partial charge in [-0.25, -0.2) is 0 Å². The third kappa shape index (κ3) is 16.7. The van der Waals surface area contributed by atoms with E-state index in [1.165, 1.54) is 37.7 Å². The summed E-state index contributed by atoms with van der Waals surface area (Å²) in [6.07, 6.45) is 9.09. The molecule has 0 bridgehead atoms. The van der Waals surface area contributed by atoms with Crippen molar-refractivity contribution < 1.29 is 24.5 Å². The fraction of sp³-hybridized carbons (Fsp3) is 0.818. The Labute approximate surface area is 165 Å². The summed E-state index contributed by atoms with van der Waals surface area (Å²) in [4.78, 5) is 23.2.